The maximum atomic E-state index is 2.67. The number of nitrogens with zero attached hydrogens (tertiary/aromatic N) is 1. The molecule has 0 saturated carbocycles. The fourth-order valence-electron chi connectivity index (χ4n) is 5.40. The first-order chi connectivity index (χ1) is 14.2. The van der Waals surface area contributed by atoms with Crippen molar-refractivity contribution in [2.45, 2.75) is 32.6 Å². The average Bonchev–Trinajstić information content (AvgIpc) is 2.80. The van der Waals surface area contributed by atoms with Crippen molar-refractivity contribution in [2.75, 3.05) is 19.6 Å². The van der Waals surface area contributed by atoms with Crippen LogP contribution in [0.2, 0.25) is 0 Å². The van der Waals surface area contributed by atoms with Crippen molar-refractivity contribution in [3.05, 3.63) is 83.9 Å². The van der Waals surface area contributed by atoms with Gasteiger partial charge in [0, 0.05) is 6.54 Å². The topological polar surface area (TPSA) is 3.24 Å². The summed E-state index contributed by atoms with van der Waals surface area (Å²) in [4.78, 5) is 2.67. The molecule has 0 spiro atoms. The Morgan fingerprint density at radius 1 is 0.690 bits per heavy atom. The highest BCUT2D eigenvalue weighted by molar-refractivity contribution is 5.70. The lowest BCUT2D eigenvalue weighted by Crippen LogP contribution is -2.48. The van der Waals surface area contributed by atoms with Gasteiger partial charge in [0.05, 0.1) is 0 Å². The summed E-state index contributed by atoms with van der Waals surface area (Å²) in [6.45, 7) is 8.52. The van der Waals surface area contributed by atoms with Gasteiger partial charge in [0.1, 0.15) is 0 Å². The first kappa shape index (κ1) is 18.6. The van der Waals surface area contributed by atoms with Crippen LogP contribution in [0.5, 0.6) is 0 Å². The summed E-state index contributed by atoms with van der Waals surface area (Å²) >= 11 is 0. The molecule has 1 nitrogen and oxygen atoms in total. The van der Waals surface area contributed by atoms with E-state index in [-0.39, 0.29) is 0 Å². The Kier molecular flexibility index (Phi) is 5.01. The van der Waals surface area contributed by atoms with Crippen molar-refractivity contribution in [1.82, 2.24) is 4.90 Å². The number of hydrogen-bond acceptors (Lipinski definition) is 1. The zero-order valence-electron chi connectivity index (χ0n) is 17.6. The van der Waals surface area contributed by atoms with E-state index < -0.39 is 0 Å². The molecular formula is C28H31N. The molecule has 0 amide bonds. The van der Waals surface area contributed by atoms with Gasteiger partial charge < -0.3 is 4.90 Å². The van der Waals surface area contributed by atoms with E-state index >= 15 is 0 Å². The second kappa shape index (κ2) is 7.80. The van der Waals surface area contributed by atoms with Gasteiger partial charge in [-0.2, -0.15) is 0 Å². The van der Waals surface area contributed by atoms with Crippen LogP contribution in [0, 0.1) is 18.8 Å². The standard InChI is InChI=1S/C28H31N/c1-20-3-5-23(6-4-20)25-11-13-26(14-12-25)24-9-7-22(8-10-24)21(2)28-19-29-17-15-27(28)16-18-29/h3-14,21,27-28H,15-19H2,1-2H3. The highest BCUT2D eigenvalue weighted by atomic mass is 15.1. The van der Waals surface area contributed by atoms with Gasteiger partial charge in [-0.05, 0) is 78.4 Å². The first-order valence-corrected chi connectivity index (χ1v) is 11.2. The molecule has 2 unspecified atom stereocenters. The molecule has 2 atom stereocenters. The lowest BCUT2D eigenvalue weighted by Gasteiger charge is -2.47. The maximum Gasteiger partial charge on any atom is 0.00181 e. The van der Waals surface area contributed by atoms with Crippen LogP contribution in [0.3, 0.4) is 0 Å². The molecule has 1 heteroatoms. The highest BCUT2D eigenvalue weighted by Gasteiger charge is 2.37. The van der Waals surface area contributed by atoms with Gasteiger partial charge in [0.2, 0.25) is 0 Å². The van der Waals surface area contributed by atoms with E-state index in [9.17, 15) is 0 Å². The van der Waals surface area contributed by atoms with Gasteiger partial charge in [-0.25, -0.2) is 0 Å². The average molecular weight is 382 g/mol. The van der Waals surface area contributed by atoms with Crippen LogP contribution in [0.1, 0.15) is 36.8 Å². The fourth-order valence-corrected chi connectivity index (χ4v) is 5.40. The van der Waals surface area contributed by atoms with Crippen molar-refractivity contribution in [3.63, 3.8) is 0 Å². The molecular weight excluding hydrogens is 350 g/mol. The molecule has 0 radical (unpaired) electrons. The van der Waals surface area contributed by atoms with E-state index in [1.165, 1.54) is 65.9 Å². The predicted octanol–water partition coefficient (Wildman–Crippen LogP) is 6.77. The van der Waals surface area contributed by atoms with Gasteiger partial charge in [-0.1, -0.05) is 85.3 Å². The monoisotopic (exact) mass is 381 g/mol. The van der Waals surface area contributed by atoms with Crippen molar-refractivity contribution < 1.29 is 0 Å². The van der Waals surface area contributed by atoms with Gasteiger partial charge in [-0.15, -0.1) is 0 Å². The number of aryl methyl sites for hydroxylation is 1. The predicted molar refractivity (Wildman–Crippen MR) is 123 cm³/mol. The van der Waals surface area contributed by atoms with Crippen LogP contribution in [0.4, 0.5) is 0 Å². The fraction of sp³-hybridized carbons (Fsp3) is 0.357. The molecule has 3 heterocycles. The molecule has 3 aromatic rings. The lowest BCUT2D eigenvalue weighted by molar-refractivity contribution is 0.0395. The van der Waals surface area contributed by atoms with E-state index in [0.717, 1.165) is 11.8 Å². The molecule has 0 aliphatic carbocycles. The minimum Gasteiger partial charge on any atom is -0.303 e. The third-order valence-electron chi connectivity index (χ3n) is 7.39. The SMILES string of the molecule is Cc1ccc(-c2ccc(-c3ccc(C(C)C4CN5CCC4CC5)cc3)cc2)cc1. The number of hydrogen-bond donors (Lipinski definition) is 0. The van der Waals surface area contributed by atoms with E-state index in [1.807, 2.05) is 0 Å². The maximum absolute atomic E-state index is 2.67. The molecule has 6 rings (SSSR count). The molecule has 0 aromatic heterocycles. The van der Waals surface area contributed by atoms with Gasteiger partial charge in [0.15, 0.2) is 0 Å². The first-order valence-electron chi connectivity index (χ1n) is 11.2. The molecule has 3 fully saturated rings. The molecule has 3 aliphatic rings. The summed E-state index contributed by atoms with van der Waals surface area (Å²) in [5.41, 5.74) is 7.97. The minimum atomic E-state index is 0.654. The molecule has 3 aromatic carbocycles. The third-order valence-corrected chi connectivity index (χ3v) is 7.39. The molecule has 2 bridgehead atoms. The Labute approximate surface area is 175 Å². The van der Waals surface area contributed by atoms with Crippen LogP contribution in [0.15, 0.2) is 72.8 Å². The van der Waals surface area contributed by atoms with E-state index in [2.05, 4.69) is 91.5 Å². The summed E-state index contributed by atoms with van der Waals surface area (Å²) in [6, 6.07) is 27.1. The van der Waals surface area contributed by atoms with E-state index in [4.69, 9.17) is 0 Å². The van der Waals surface area contributed by atoms with Crippen molar-refractivity contribution in [2.24, 2.45) is 11.8 Å². The second-order valence-electron chi connectivity index (χ2n) is 9.16. The van der Waals surface area contributed by atoms with Crippen LogP contribution < -0.4 is 0 Å². The van der Waals surface area contributed by atoms with Gasteiger partial charge in [0.25, 0.3) is 0 Å². The minimum absolute atomic E-state index is 0.654. The van der Waals surface area contributed by atoms with Crippen molar-refractivity contribution in [3.8, 4) is 22.3 Å². The summed E-state index contributed by atoms with van der Waals surface area (Å²) in [7, 11) is 0. The summed E-state index contributed by atoms with van der Waals surface area (Å²) in [6.07, 6.45) is 2.81. The lowest BCUT2D eigenvalue weighted by atomic mass is 9.71. The number of rotatable bonds is 4. The quantitative estimate of drug-likeness (QED) is 0.482. The normalized spacial score (nSPS) is 24.4. The summed E-state index contributed by atoms with van der Waals surface area (Å²) in [5, 5.41) is 0. The van der Waals surface area contributed by atoms with Crippen LogP contribution in [-0.2, 0) is 0 Å². The zero-order valence-corrected chi connectivity index (χ0v) is 17.6. The van der Waals surface area contributed by atoms with Gasteiger partial charge in [-0.3, -0.25) is 0 Å². The van der Waals surface area contributed by atoms with Crippen LogP contribution >= 0.6 is 0 Å². The number of benzene rings is 3. The van der Waals surface area contributed by atoms with Crippen LogP contribution in [-0.4, -0.2) is 24.5 Å². The Bertz CT molecular complexity index is 945. The second-order valence-corrected chi connectivity index (χ2v) is 9.16. The van der Waals surface area contributed by atoms with Crippen molar-refractivity contribution in [1.29, 1.82) is 0 Å². The zero-order chi connectivity index (χ0) is 19.8. The number of piperidine rings is 3. The Balaban J connectivity index is 1.31. The smallest absolute Gasteiger partial charge is 0.00181 e. The molecule has 3 saturated heterocycles. The summed E-state index contributed by atoms with van der Waals surface area (Å²) in [5.74, 6) is 2.42. The molecule has 29 heavy (non-hydrogen) atoms. The highest BCUT2D eigenvalue weighted by Crippen LogP contribution is 2.41. The Morgan fingerprint density at radius 3 is 1.59 bits per heavy atom. The Hall–Kier alpha value is -2.38. The van der Waals surface area contributed by atoms with Crippen LogP contribution in [0.25, 0.3) is 22.3 Å². The third kappa shape index (κ3) is 3.76. The molecule has 3 aliphatic heterocycles. The number of fused-ring (bicyclic) bond motifs is 3. The largest absolute Gasteiger partial charge is 0.303 e. The molecule has 0 N–H and O–H groups in total. The van der Waals surface area contributed by atoms with E-state index in [1.54, 1.807) is 0 Å². The van der Waals surface area contributed by atoms with E-state index in [0.29, 0.717) is 5.92 Å². The summed E-state index contributed by atoms with van der Waals surface area (Å²) < 4.78 is 0. The van der Waals surface area contributed by atoms with Crippen molar-refractivity contribution >= 4 is 0 Å². The Morgan fingerprint density at radius 2 is 1.14 bits per heavy atom. The molecule has 148 valence electrons. The van der Waals surface area contributed by atoms with Gasteiger partial charge >= 0.3 is 0 Å².